The Morgan fingerprint density at radius 2 is 2.26 bits per heavy atom. The van der Waals surface area contributed by atoms with Gasteiger partial charge in [0.15, 0.2) is 0 Å². The molecule has 2 atom stereocenters. The molecule has 1 aliphatic rings. The second kappa shape index (κ2) is 7.70. The molecule has 0 aromatic heterocycles. The molecule has 5 heteroatoms. The first-order valence-electron chi connectivity index (χ1n) is 7.35. The van der Waals surface area contributed by atoms with E-state index in [4.69, 9.17) is 10.9 Å². The number of nitrogens with zero attached hydrogens (tertiary/aromatic N) is 2. The lowest BCUT2D eigenvalue weighted by Crippen LogP contribution is -2.54. The van der Waals surface area contributed by atoms with Crippen LogP contribution in [0, 0.1) is 5.92 Å². The molecule has 0 aliphatic heterocycles. The van der Waals surface area contributed by atoms with Crippen LogP contribution in [0.3, 0.4) is 0 Å². The highest BCUT2D eigenvalue weighted by Gasteiger charge is 2.36. The first kappa shape index (κ1) is 16.2. The van der Waals surface area contributed by atoms with E-state index in [-0.39, 0.29) is 0 Å². The van der Waals surface area contributed by atoms with Gasteiger partial charge in [0.05, 0.1) is 0 Å². The molecule has 0 radical (unpaired) electrons. The standard InChI is InChI=1S/C14H30N4O/c1-12-6-4-8-14(10-12,18(2)3)11-16-9-5-7-13(15)17-19/h12,16,19H,4-11H2,1-3H3,(H2,15,17). The number of hydrogen-bond donors (Lipinski definition) is 3. The zero-order valence-electron chi connectivity index (χ0n) is 12.7. The Morgan fingerprint density at radius 1 is 1.53 bits per heavy atom. The minimum atomic E-state index is 0.300. The van der Waals surface area contributed by atoms with Crippen molar-refractivity contribution in [1.82, 2.24) is 10.2 Å². The Hall–Kier alpha value is -0.810. The molecule has 1 aliphatic carbocycles. The third-order valence-corrected chi connectivity index (χ3v) is 4.39. The summed E-state index contributed by atoms with van der Waals surface area (Å²) in [4.78, 5) is 2.39. The Balaban J connectivity index is 2.34. The molecule has 0 heterocycles. The van der Waals surface area contributed by atoms with E-state index in [1.165, 1.54) is 25.7 Å². The molecule has 1 rings (SSSR count). The van der Waals surface area contributed by atoms with E-state index in [1.54, 1.807) is 0 Å². The second-order valence-electron chi connectivity index (χ2n) is 6.19. The highest BCUT2D eigenvalue weighted by molar-refractivity contribution is 5.79. The van der Waals surface area contributed by atoms with E-state index in [9.17, 15) is 0 Å². The van der Waals surface area contributed by atoms with Crippen LogP contribution in [0.4, 0.5) is 0 Å². The Labute approximate surface area is 117 Å². The first-order valence-corrected chi connectivity index (χ1v) is 7.35. The summed E-state index contributed by atoms with van der Waals surface area (Å²) >= 11 is 0. The van der Waals surface area contributed by atoms with Crippen molar-refractivity contribution in [3.05, 3.63) is 0 Å². The topological polar surface area (TPSA) is 73.9 Å². The normalized spacial score (nSPS) is 28.8. The number of nitrogens with one attached hydrogen (secondary N) is 1. The molecule has 0 saturated heterocycles. The predicted octanol–water partition coefficient (Wildman–Crippen LogP) is 1.61. The molecule has 0 amide bonds. The van der Waals surface area contributed by atoms with Gasteiger partial charge >= 0.3 is 0 Å². The van der Waals surface area contributed by atoms with Gasteiger partial charge < -0.3 is 21.2 Å². The number of likely N-dealkylation sites (N-methyl/N-ethyl adjacent to an activating group) is 1. The highest BCUT2D eigenvalue weighted by atomic mass is 16.4. The highest BCUT2D eigenvalue weighted by Crippen LogP contribution is 2.35. The number of nitrogens with two attached hydrogens (primary N) is 1. The molecule has 1 saturated carbocycles. The monoisotopic (exact) mass is 270 g/mol. The van der Waals surface area contributed by atoms with E-state index in [0.717, 1.165) is 25.4 Å². The van der Waals surface area contributed by atoms with Gasteiger partial charge in [-0.05, 0) is 45.8 Å². The van der Waals surface area contributed by atoms with Crippen LogP contribution in [0.5, 0.6) is 0 Å². The van der Waals surface area contributed by atoms with Gasteiger partial charge in [-0.2, -0.15) is 0 Å². The van der Waals surface area contributed by atoms with Gasteiger partial charge in [0.2, 0.25) is 0 Å². The zero-order chi connectivity index (χ0) is 14.3. The van der Waals surface area contributed by atoms with Gasteiger partial charge in [-0.1, -0.05) is 24.9 Å². The third-order valence-electron chi connectivity index (χ3n) is 4.39. The minimum absolute atomic E-state index is 0.300. The summed E-state index contributed by atoms with van der Waals surface area (Å²) in [6.45, 7) is 4.30. The lowest BCUT2D eigenvalue weighted by Gasteiger charge is -2.45. The Bertz CT molecular complexity index is 293. The summed E-state index contributed by atoms with van der Waals surface area (Å²) in [5.74, 6) is 1.13. The fourth-order valence-electron chi connectivity index (χ4n) is 3.12. The largest absolute Gasteiger partial charge is 0.409 e. The van der Waals surface area contributed by atoms with Crippen molar-refractivity contribution in [2.75, 3.05) is 27.2 Å². The van der Waals surface area contributed by atoms with E-state index in [0.29, 0.717) is 17.8 Å². The number of rotatable bonds is 7. The second-order valence-corrected chi connectivity index (χ2v) is 6.19. The van der Waals surface area contributed by atoms with E-state index >= 15 is 0 Å². The number of oxime groups is 1. The summed E-state index contributed by atoms with van der Waals surface area (Å²) in [6.07, 6.45) is 6.79. The molecule has 0 aromatic rings. The summed E-state index contributed by atoms with van der Waals surface area (Å²) in [6, 6.07) is 0. The van der Waals surface area contributed by atoms with Crippen LogP contribution in [0.25, 0.3) is 0 Å². The number of amidine groups is 1. The van der Waals surface area contributed by atoms with Crippen molar-refractivity contribution in [1.29, 1.82) is 0 Å². The maximum atomic E-state index is 8.47. The SMILES string of the molecule is CC1CCCC(CNCCCC(N)=NO)(N(C)C)C1. The van der Waals surface area contributed by atoms with Gasteiger partial charge in [0.1, 0.15) is 5.84 Å². The van der Waals surface area contributed by atoms with Crippen molar-refractivity contribution in [3.63, 3.8) is 0 Å². The molecule has 112 valence electrons. The predicted molar refractivity (Wildman–Crippen MR) is 79.6 cm³/mol. The molecule has 1 fully saturated rings. The quantitative estimate of drug-likeness (QED) is 0.216. The van der Waals surface area contributed by atoms with Crippen molar-refractivity contribution >= 4 is 5.84 Å². The van der Waals surface area contributed by atoms with Crippen molar-refractivity contribution < 1.29 is 5.21 Å². The Kier molecular flexibility index (Phi) is 6.58. The van der Waals surface area contributed by atoms with Gasteiger partial charge in [-0.25, -0.2) is 0 Å². The average Bonchev–Trinajstić information content (AvgIpc) is 2.37. The van der Waals surface area contributed by atoms with Crippen LogP contribution in [0.15, 0.2) is 5.16 Å². The third kappa shape index (κ3) is 4.99. The van der Waals surface area contributed by atoms with Crippen LogP contribution >= 0.6 is 0 Å². The lowest BCUT2D eigenvalue weighted by molar-refractivity contribution is 0.0754. The summed E-state index contributed by atoms with van der Waals surface area (Å²) in [7, 11) is 4.38. The van der Waals surface area contributed by atoms with Gasteiger partial charge in [-0.15, -0.1) is 0 Å². The molecule has 0 aromatic carbocycles. The average molecular weight is 270 g/mol. The first-order chi connectivity index (χ1) is 9.00. The van der Waals surface area contributed by atoms with Crippen molar-refractivity contribution in [3.8, 4) is 0 Å². The molecule has 0 bridgehead atoms. The zero-order valence-corrected chi connectivity index (χ0v) is 12.7. The molecule has 4 N–H and O–H groups in total. The smallest absolute Gasteiger partial charge is 0.139 e. The van der Waals surface area contributed by atoms with E-state index in [1.807, 2.05) is 0 Å². The molecule has 19 heavy (non-hydrogen) atoms. The molecular formula is C14H30N4O. The maximum Gasteiger partial charge on any atom is 0.139 e. The molecule has 2 unspecified atom stereocenters. The summed E-state index contributed by atoms with van der Waals surface area (Å²) in [5.41, 5.74) is 5.75. The van der Waals surface area contributed by atoms with E-state index in [2.05, 4.69) is 36.4 Å². The molecule has 5 nitrogen and oxygen atoms in total. The van der Waals surface area contributed by atoms with Gasteiger partial charge in [0.25, 0.3) is 0 Å². The van der Waals surface area contributed by atoms with Crippen LogP contribution in [0.1, 0.15) is 45.4 Å². The fraction of sp³-hybridized carbons (Fsp3) is 0.929. The fourth-order valence-corrected chi connectivity index (χ4v) is 3.12. The molecular weight excluding hydrogens is 240 g/mol. The number of hydrogen-bond acceptors (Lipinski definition) is 4. The van der Waals surface area contributed by atoms with Gasteiger partial charge in [-0.3, -0.25) is 0 Å². The molecule has 0 spiro atoms. The summed E-state index contributed by atoms with van der Waals surface area (Å²) < 4.78 is 0. The van der Waals surface area contributed by atoms with Crippen LogP contribution in [-0.2, 0) is 0 Å². The van der Waals surface area contributed by atoms with Crippen LogP contribution < -0.4 is 11.1 Å². The summed E-state index contributed by atoms with van der Waals surface area (Å²) in [5, 5.41) is 15.0. The van der Waals surface area contributed by atoms with E-state index < -0.39 is 0 Å². The van der Waals surface area contributed by atoms with Crippen LogP contribution in [0.2, 0.25) is 0 Å². The van der Waals surface area contributed by atoms with Gasteiger partial charge in [0, 0.05) is 18.5 Å². The maximum absolute atomic E-state index is 8.47. The van der Waals surface area contributed by atoms with Crippen molar-refractivity contribution in [2.45, 2.75) is 51.0 Å². The Morgan fingerprint density at radius 3 is 2.84 bits per heavy atom. The lowest BCUT2D eigenvalue weighted by atomic mass is 9.75. The minimum Gasteiger partial charge on any atom is -0.409 e. The van der Waals surface area contributed by atoms with Crippen molar-refractivity contribution in [2.24, 2.45) is 16.8 Å². The van der Waals surface area contributed by atoms with Crippen LogP contribution in [-0.4, -0.2) is 48.7 Å².